The molecule has 0 N–H and O–H groups in total. The molecule has 0 aliphatic heterocycles. The summed E-state index contributed by atoms with van der Waals surface area (Å²) >= 11 is 3.36. The molecule has 3 aromatic carbocycles. The Labute approximate surface area is 210 Å². The van der Waals surface area contributed by atoms with Gasteiger partial charge in [0.25, 0.3) is 0 Å². The van der Waals surface area contributed by atoms with Gasteiger partial charge in [-0.3, -0.25) is 0 Å². The van der Waals surface area contributed by atoms with Crippen molar-refractivity contribution in [2.24, 2.45) is 10.2 Å². The number of azo groups is 1. The maximum absolute atomic E-state index is 12.3. The fourth-order valence-electron chi connectivity index (χ4n) is 3.35. The predicted octanol–water partition coefficient (Wildman–Crippen LogP) is 9.13. The number of halogens is 1. The van der Waals surface area contributed by atoms with Crippen LogP contribution in [0.1, 0.15) is 61.4 Å². The predicted molar refractivity (Wildman–Crippen MR) is 140 cm³/mol. The van der Waals surface area contributed by atoms with Crippen molar-refractivity contribution in [1.82, 2.24) is 0 Å². The molecule has 0 amide bonds. The van der Waals surface area contributed by atoms with E-state index in [0.29, 0.717) is 17.0 Å². The molecule has 5 nitrogen and oxygen atoms in total. The van der Waals surface area contributed by atoms with Crippen LogP contribution in [-0.4, -0.2) is 12.6 Å². The van der Waals surface area contributed by atoms with Crippen LogP contribution in [0.2, 0.25) is 0 Å². The second-order valence-corrected chi connectivity index (χ2v) is 9.07. The fraction of sp³-hybridized carbons (Fsp3) is 0.321. The minimum atomic E-state index is -0.418. The zero-order chi connectivity index (χ0) is 24.2. The van der Waals surface area contributed by atoms with Crippen molar-refractivity contribution in [1.29, 1.82) is 0 Å². The highest BCUT2D eigenvalue weighted by molar-refractivity contribution is 9.10. The molecule has 0 saturated carbocycles. The number of esters is 1. The summed E-state index contributed by atoms with van der Waals surface area (Å²) in [6.45, 7) is 4.96. The molecule has 0 unspecified atom stereocenters. The van der Waals surface area contributed by atoms with Crippen molar-refractivity contribution in [2.75, 3.05) is 6.61 Å². The van der Waals surface area contributed by atoms with Crippen LogP contribution in [0.5, 0.6) is 11.5 Å². The van der Waals surface area contributed by atoms with Gasteiger partial charge in [0.15, 0.2) is 0 Å². The number of ether oxygens (including phenoxy) is 2. The van der Waals surface area contributed by atoms with Gasteiger partial charge < -0.3 is 9.47 Å². The number of carbonyl (C=O) groups is 1. The van der Waals surface area contributed by atoms with Crippen LogP contribution in [0.15, 0.2) is 81.4 Å². The van der Waals surface area contributed by atoms with Crippen molar-refractivity contribution in [3.05, 3.63) is 82.3 Å². The molecule has 0 aliphatic carbocycles. The molecule has 3 rings (SSSR count). The van der Waals surface area contributed by atoms with Gasteiger partial charge in [0.2, 0.25) is 0 Å². The molecule has 6 heteroatoms. The topological polar surface area (TPSA) is 60.2 Å². The van der Waals surface area contributed by atoms with E-state index in [2.05, 4.69) is 33.1 Å². The number of unbranched alkanes of at least 4 members (excludes halogenated alkanes) is 5. The minimum Gasteiger partial charge on any atom is -0.494 e. The average molecular weight is 523 g/mol. The number of carbonyl (C=O) groups excluding carboxylic acids is 1. The van der Waals surface area contributed by atoms with E-state index < -0.39 is 5.97 Å². The van der Waals surface area contributed by atoms with Crippen LogP contribution in [0.4, 0.5) is 11.4 Å². The second kappa shape index (κ2) is 13.7. The molecular weight excluding hydrogens is 492 g/mol. The Morgan fingerprint density at radius 1 is 0.824 bits per heavy atom. The van der Waals surface area contributed by atoms with E-state index in [0.717, 1.165) is 34.5 Å². The van der Waals surface area contributed by atoms with Crippen molar-refractivity contribution in [3.8, 4) is 11.5 Å². The number of hydrogen-bond acceptors (Lipinski definition) is 5. The van der Waals surface area contributed by atoms with E-state index in [4.69, 9.17) is 9.47 Å². The van der Waals surface area contributed by atoms with Crippen molar-refractivity contribution in [2.45, 2.75) is 52.4 Å². The van der Waals surface area contributed by atoms with Crippen LogP contribution < -0.4 is 9.47 Å². The zero-order valence-corrected chi connectivity index (χ0v) is 21.4. The molecule has 0 fully saturated rings. The van der Waals surface area contributed by atoms with Crippen LogP contribution in [0.25, 0.3) is 0 Å². The maximum Gasteiger partial charge on any atom is 0.343 e. The van der Waals surface area contributed by atoms with Gasteiger partial charge in [-0.15, -0.1) is 0 Å². The summed E-state index contributed by atoms with van der Waals surface area (Å²) in [5.74, 6) is 0.934. The first kappa shape index (κ1) is 25.6. The highest BCUT2D eigenvalue weighted by Crippen LogP contribution is 2.26. The lowest BCUT2D eigenvalue weighted by Gasteiger charge is -2.08. The summed E-state index contributed by atoms with van der Waals surface area (Å²) in [6, 6.07) is 19.8. The summed E-state index contributed by atoms with van der Waals surface area (Å²) in [4.78, 5) is 12.3. The SMILES string of the molecule is CCCCCCCCOc1ccc(N=Nc2ccc(C(=O)Oc3ccc(Br)cc3)cc2)c(C)c1. The van der Waals surface area contributed by atoms with Gasteiger partial charge in [0.1, 0.15) is 11.5 Å². The summed E-state index contributed by atoms with van der Waals surface area (Å²) in [7, 11) is 0. The molecule has 34 heavy (non-hydrogen) atoms. The van der Waals surface area contributed by atoms with E-state index in [1.807, 2.05) is 37.3 Å². The zero-order valence-electron chi connectivity index (χ0n) is 19.8. The Hall–Kier alpha value is -2.99. The highest BCUT2D eigenvalue weighted by Gasteiger charge is 2.08. The number of rotatable bonds is 12. The average Bonchev–Trinajstić information content (AvgIpc) is 2.84. The summed E-state index contributed by atoms with van der Waals surface area (Å²) in [6.07, 6.45) is 7.48. The van der Waals surface area contributed by atoms with Crippen molar-refractivity contribution >= 4 is 33.3 Å². The number of hydrogen-bond donors (Lipinski definition) is 0. The highest BCUT2D eigenvalue weighted by atomic mass is 79.9. The molecule has 0 saturated heterocycles. The van der Waals surface area contributed by atoms with Crippen LogP contribution in [0, 0.1) is 6.92 Å². The Balaban J connectivity index is 1.49. The summed E-state index contributed by atoms with van der Waals surface area (Å²) < 4.78 is 12.2. The van der Waals surface area contributed by atoms with Gasteiger partial charge in [-0.2, -0.15) is 10.2 Å². The normalized spacial score (nSPS) is 11.0. The third kappa shape index (κ3) is 8.41. The Bertz CT molecular complexity index is 1080. The lowest BCUT2D eigenvalue weighted by atomic mass is 10.1. The fourth-order valence-corrected chi connectivity index (χ4v) is 3.61. The van der Waals surface area contributed by atoms with Gasteiger partial charge in [0.05, 0.1) is 23.5 Å². The van der Waals surface area contributed by atoms with E-state index >= 15 is 0 Å². The molecular formula is C28H31BrN2O3. The second-order valence-electron chi connectivity index (χ2n) is 8.15. The molecule has 3 aromatic rings. The van der Waals surface area contributed by atoms with E-state index in [1.54, 1.807) is 36.4 Å². The first-order valence-electron chi connectivity index (χ1n) is 11.8. The first-order valence-corrected chi connectivity index (χ1v) is 12.6. The van der Waals surface area contributed by atoms with Gasteiger partial charge >= 0.3 is 5.97 Å². The van der Waals surface area contributed by atoms with Gasteiger partial charge in [-0.25, -0.2) is 4.79 Å². The Kier molecular flexibility index (Phi) is 10.3. The van der Waals surface area contributed by atoms with Gasteiger partial charge in [-0.05, 0) is 85.6 Å². The minimum absolute atomic E-state index is 0.418. The molecule has 0 aliphatic rings. The lowest BCUT2D eigenvalue weighted by molar-refractivity contribution is 0.0735. The Morgan fingerprint density at radius 2 is 1.50 bits per heavy atom. The molecule has 0 aromatic heterocycles. The Morgan fingerprint density at radius 3 is 2.21 bits per heavy atom. The standard InChI is InChI=1S/C28H31BrN2O3/c1-3-4-5-6-7-8-19-33-26-17-18-27(21(2)20-26)31-30-24-13-9-22(10-14-24)28(32)34-25-15-11-23(29)12-16-25/h9-18,20H,3-8,19H2,1-2H3. The van der Waals surface area contributed by atoms with Gasteiger partial charge in [0, 0.05) is 4.47 Å². The molecule has 0 heterocycles. The van der Waals surface area contributed by atoms with Crippen molar-refractivity contribution < 1.29 is 14.3 Å². The molecule has 0 spiro atoms. The monoisotopic (exact) mass is 522 g/mol. The maximum atomic E-state index is 12.3. The molecule has 0 radical (unpaired) electrons. The number of nitrogens with zero attached hydrogens (tertiary/aromatic N) is 2. The van der Waals surface area contributed by atoms with Crippen LogP contribution in [0.3, 0.4) is 0 Å². The van der Waals surface area contributed by atoms with E-state index in [1.165, 1.54) is 32.1 Å². The van der Waals surface area contributed by atoms with Crippen molar-refractivity contribution in [3.63, 3.8) is 0 Å². The first-order chi connectivity index (χ1) is 16.5. The molecule has 178 valence electrons. The third-order valence-electron chi connectivity index (χ3n) is 5.34. The summed E-state index contributed by atoms with van der Waals surface area (Å²) in [5, 5.41) is 8.65. The smallest absolute Gasteiger partial charge is 0.343 e. The quantitative estimate of drug-likeness (QED) is 0.103. The van der Waals surface area contributed by atoms with E-state index in [-0.39, 0.29) is 0 Å². The van der Waals surface area contributed by atoms with Gasteiger partial charge in [-0.1, -0.05) is 55.0 Å². The lowest BCUT2D eigenvalue weighted by Crippen LogP contribution is -2.07. The van der Waals surface area contributed by atoms with E-state index in [9.17, 15) is 4.79 Å². The third-order valence-corrected chi connectivity index (χ3v) is 5.86. The van der Waals surface area contributed by atoms with Crippen LogP contribution in [-0.2, 0) is 0 Å². The largest absolute Gasteiger partial charge is 0.494 e. The molecule has 0 atom stereocenters. The number of benzene rings is 3. The summed E-state index contributed by atoms with van der Waals surface area (Å²) in [5.41, 5.74) is 2.89. The number of aryl methyl sites for hydroxylation is 1. The van der Waals surface area contributed by atoms with Crippen LogP contribution >= 0.6 is 15.9 Å². The molecule has 0 bridgehead atoms.